The largest absolute Gasteiger partial charge is 0.353 e. The van der Waals surface area contributed by atoms with Crippen LogP contribution in [0.2, 0.25) is 0 Å². The van der Waals surface area contributed by atoms with E-state index in [0.29, 0.717) is 18.4 Å². The molecule has 0 radical (unpaired) electrons. The highest BCUT2D eigenvalue weighted by Crippen LogP contribution is 2.06. The second-order valence-corrected chi connectivity index (χ2v) is 4.52. The maximum Gasteiger partial charge on any atom is 0.220 e. The second-order valence-electron chi connectivity index (χ2n) is 4.52. The van der Waals surface area contributed by atoms with Crippen LogP contribution in [-0.2, 0) is 4.79 Å². The molecule has 2 N–H and O–H groups in total. The SMILES string of the molecule is CC(C)CCC(=O)NC1CCNCC1.Cl. The third-order valence-corrected chi connectivity index (χ3v) is 2.65. The monoisotopic (exact) mass is 234 g/mol. The molecule has 1 rings (SSSR count). The Morgan fingerprint density at radius 3 is 2.53 bits per heavy atom. The molecule has 0 aromatic rings. The van der Waals surface area contributed by atoms with E-state index in [0.717, 1.165) is 32.4 Å². The number of hydrogen-bond acceptors (Lipinski definition) is 2. The van der Waals surface area contributed by atoms with Gasteiger partial charge in [0, 0.05) is 12.5 Å². The summed E-state index contributed by atoms with van der Waals surface area (Å²) in [5.74, 6) is 0.847. The first-order chi connectivity index (χ1) is 6.68. The zero-order valence-electron chi connectivity index (χ0n) is 9.71. The Kier molecular flexibility index (Phi) is 7.79. The Morgan fingerprint density at radius 1 is 1.40 bits per heavy atom. The molecule has 1 heterocycles. The van der Waals surface area contributed by atoms with Crippen LogP contribution in [0.4, 0.5) is 0 Å². The minimum absolute atomic E-state index is 0. The van der Waals surface area contributed by atoms with Crippen molar-refractivity contribution in [1.82, 2.24) is 10.6 Å². The number of halogens is 1. The summed E-state index contributed by atoms with van der Waals surface area (Å²) < 4.78 is 0. The van der Waals surface area contributed by atoms with Crippen molar-refractivity contribution >= 4 is 18.3 Å². The van der Waals surface area contributed by atoms with Gasteiger partial charge in [0.1, 0.15) is 0 Å². The molecule has 1 aliphatic rings. The Morgan fingerprint density at radius 2 is 2.00 bits per heavy atom. The van der Waals surface area contributed by atoms with E-state index in [2.05, 4.69) is 24.5 Å². The van der Waals surface area contributed by atoms with Gasteiger partial charge in [0.25, 0.3) is 0 Å². The van der Waals surface area contributed by atoms with Crippen LogP contribution in [0, 0.1) is 5.92 Å². The van der Waals surface area contributed by atoms with Gasteiger partial charge in [-0.25, -0.2) is 0 Å². The first-order valence-electron chi connectivity index (χ1n) is 5.68. The van der Waals surface area contributed by atoms with Crippen molar-refractivity contribution < 1.29 is 4.79 Å². The maximum absolute atomic E-state index is 11.5. The lowest BCUT2D eigenvalue weighted by atomic mass is 10.1. The Hall–Kier alpha value is -0.280. The molecule has 0 aliphatic carbocycles. The smallest absolute Gasteiger partial charge is 0.220 e. The second kappa shape index (κ2) is 7.94. The number of hydrogen-bond donors (Lipinski definition) is 2. The first kappa shape index (κ1) is 14.7. The van der Waals surface area contributed by atoms with Crippen LogP contribution < -0.4 is 10.6 Å². The van der Waals surface area contributed by atoms with Crippen molar-refractivity contribution in [3.63, 3.8) is 0 Å². The molecule has 0 unspecified atom stereocenters. The van der Waals surface area contributed by atoms with Crippen LogP contribution in [0.3, 0.4) is 0 Å². The van der Waals surface area contributed by atoms with E-state index in [9.17, 15) is 4.79 Å². The topological polar surface area (TPSA) is 41.1 Å². The van der Waals surface area contributed by atoms with Crippen molar-refractivity contribution in [2.75, 3.05) is 13.1 Å². The van der Waals surface area contributed by atoms with E-state index in [1.54, 1.807) is 0 Å². The van der Waals surface area contributed by atoms with Crippen LogP contribution in [0.1, 0.15) is 39.5 Å². The predicted molar refractivity (Wildman–Crippen MR) is 65.4 cm³/mol. The molecular weight excluding hydrogens is 212 g/mol. The lowest BCUT2D eigenvalue weighted by Gasteiger charge is -2.23. The Labute approximate surface area is 98.8 Å². The minimum atomic E-state index is 0. The molecule has 0 aromatic carbocycles. The standard InChI is InChI=1S/C11H22N2O.ClH/c1-9(2)3-4-11(14)13-10-5-7-12-8-6-10;/h9-10,12H,3-8H2,1-2H3,(H,13,14);1H. The summed E-state index contributed by atoms with van der Waals surface area (Å²) in [6.07, 6.45) is 3.83. The highest BCUT2D eigenvalue weighted by atomic mass is 35.5. The summed E-state index contributed by atoms with van der Waals surface area (Å²) in [4.78, 5) is 11.5. The van der Waals surface area contributed by atoms with Crippen molar-refractivity contribution in [2.24, 2.45) is 5.92 Å². The molecule has 0 saturated carbocycles. The van der Waals surface area contributed by atoms with Gasteiger partial charge in [-0.1, -0.05) is 13.8 Å². The summed E-state index contributed by atoms with van der Waals surface area (Å²) in [5.41, 5.74) is 0. The van der Waals surface area contributed by atoms with E-state index in [4.69, 9.17) is 0 Å². The first-order valence-corrected chi connectivity index (χ1v) is 5.68. The fourth-order valence-corrected chi connectivity index (χ4v) is 1.69. The lowest BCUT2D eigenvalue weighted by Crippen LogP contribution is -2.42. The van der Waals surface area contributed by atoms with E-state index in [1.165, 1.54) is 0 Å². The van der Waals surface area contributed by atoms with E-state index >= 15 is 0 Å². The van der Waals surface area contributed by atoms with Crippen LogP contribution in [0.15, 0.2) is 0 Å². The maximum atomic E-state index is 11.5. The number of amides is 1. The van der Waals surface area contributed by atoms with E-state index in [1.807, 2.05) is 0 Å². The molecule has 1 amide bonds. The summed E-state index contributed by atoms with van der Waals surface area (Å²) in [6.45, 7) is 6.37. The zero-order chi connectivity index (χ0) is 10.4. The van der Waals surface area contributed by atoms with Crippen molar-refractivity contribution in [3.8, 4) is 0 Å². The van der Waals surface area contributed by atoms with Crippen LogP contribution in [-0.4, -0.2) is 25.0 Å². The Balaban J connectivity index is 0.00000196. The van der Waals surface area contributed by atoms with Gasteiger partial charge in [0.15, 0.2) is 0 Å². The molecule has 90 valence electrons. The molecule has 1 saturated heterocycles. The highest BCUT2D eigenvalue weighted by Gasteiger charge is 2.14. The summed E-state index contributed by atoms with van der Waals surface area (Å²) in [7, 11) is 0. The van der Waals surface area contributed by atoms with Gasteiger partial charge in [0.05, 0.1) is 0 Å². The third-order valence-electron chi connectivity index (χ3n) is 2.65. The minimum Gasteiger partial charge on any atom is -0.353 e. The molecule has 3 nitrogen and oxygen atoms in total. The van der Waals surface area contributed by atoms with Gasteiger partial charge in [-0.2, -0.15) is 0 Å². The zero-order valence-corrected chi connectivity index (χ0v) is 10.5. The van der Waals surface area contributed by atoms with Gasteiger partial charge in [-0.3, -0.25) is 4.79 Å². The average molecular weight is 235 g/mol. The van der Waals surface area contributed by atoms with Gasteiger partial charge in [0.2, 0.25) is 5.91 Å². The number of rotatable bonds is 4. The molecule has 4 heteroatoms. The van der Waals surface area contributed by atoms with Crippen LogP contribution >= 0.6 is 12.4 Å². The van der Waals surface area contributed by atoms with Crippen molar-refractivity contribution in [3.05, 3.63) is 0 Å². The third kappa shape index (κ3) is 6.74. The van der Waals surface area contributed by atoms with Gasteiger partial charge in [-0.05, 0) is 38.3 Å². The highest BCUT2D eigenvalue weighted by molar-refractivity contribution is 5.85. The van der Waals surface area contributed by atoms with E-state index in [-0.39, 0.29) is 18.3 Å². The number of piperidine rings is 1. The Bertz CT molecular complexity index is 179. The average Bonchev–Trinajstić information content (AvgIpc) is 2.16. The normalized spacial score (nSPS) is 17.3. The van der Waals surface area contributed by atoms with Crippen LogP contribution in [0.5, 0.6) is 0 Å². The molecule has 0 atom stereocenters. The fourth-order valence-electron chi connectivity index (χ4n) is 1.69. The lowest BCUT2D eigenvalue weighted by molar-refractivity contribution is -0.122. The molecule has 1 fully saturated rings. The molecular formula is C11H23ClN2O. The summed E-state index contributed by atoms with van der Waals surface area (Å²) >= 11 is 0. The van der Waals surface area contributed by atoms with E-state index < -0.39 is 0 Å². The fraction of sp³-hybridized carbons (Fsp3) is 0.909. The molecule has 0 aromatic heterocycles. The molecule has 0 bridgehead atoms. The summed E-state index contributed by atoms with van der Waals surface area (Å²) in [5, 5.41) is 6.38. The molecule has 15 heavy (non-hydrogen) atoms. The van der Waals surface area contributed by atoms with Crippen LogP contribution in [0.25, 0.3) is 0 Å². The quantitative estimate of drug-likeness (QED) is 0.778. The number of carbonyl (C=O) groups is 1. The van der Waals surface area contributed by atoms with Gasteiger partial charge < -0.3 is 10.6 Å². The van der Waals surface area contributed by atoms with Crippen molar-refractivity contribution in [2.45, 2.75) is 45.6 Å². The number of carbonyl (C=O) groups excluding carboxylic acids is 1. The molecule has 1 aliphatic heterocycles. The van der Waals surface area contributed by atoms with Crippen molar-refractivity contribution in [1.29, 1.82) is 0 Å². The summed E-state index contributed by atoms with van der Waals surface area (Å²) in [6, 6.07) is 0.413. The number of nitrogens with one attached hydrogen (secondary N) is 2. The van der Waals surface area contributed by atoms with Gasteiger partial charge >= 0.3 is 0 Å². The molecule has 0 spiro atoms. The predicted octanol–water partition coefficient (Wildman–Crippen LogP) is 1.71. The van der Waals surface area contributed by atoms with Gasteiger partial charge in [-0.15, -0.1) is 12.4 Å².